The maximum atomic E-state index is 13.1. The van der Waals surface area contributed by atoms with E-state index in [0.717, 1.165) is 5.56 Å². The molecule has 2 aromatic carbocycles. The zero-order valence-electron chi connectivity index (χ0n) is 15.0. The molecule has 0 radical (unpaired) electrons. The molecule has 0 fully saturated rings. The third kappa shape index (κ3) is 9.05. The van der Waals surface area contributed by atoms with Crippen LogP contribution in [0, 0.1) is 5.82 Å². The molecule has 146 valence electrons. The zero-order valence-corrected chi connectivity index (χ0v) is 18.1. The van der Waals surface area contributed by atoms with Crippen LogP contribution in [-0.4, -0.2) is 32.0 Å². The number of hydrogen-bond acceptors (Lipinski definition) is 2. The Labute approximate surface area is 180 Å². The van der Waals surface area contributed by atoms with Gasteiger partial charge in [0.25, 0.3) is 0 Å². The second-order valence-corrected chi connectivity index (χ2v) is 6.07. The second-order valence-electron chi connectivity index (χ2n) is 5.64. The molecule has 2 aromatic rings. The lowest BCUT2D eigenvalue weighted by atomic mass is 10.1. The van der Waals surface area contributed by atoms with Crippen LogP contribution in [0.4, 0.5) is 4.39 Å². The summed E-state index contributed by atoms with van der Waals surface area (Å²) in [6.45, 7) is 1.58. The topological polar surface area (TPSA) is 65.5 Å². The number of hydrogen-bond donors (Lipinski definition) is 3. The normalized spacial score (nSPS) is 10.7. The van der Waals surface area contributed by atoms with Crippen molar-refractivity contribution in [1.29, 1.82) is 0 Å². The van der Waals surface area contributed by atoms with Crippen molar-refractivity contribution >= 4 is 47.4 Å². The number of benzene rings is 2. The largest absolute Gasteiger partial charge is 0.355 e. The van der Waals surface area contributed by atoms with Gasteiger partial charge < -0.3 is 16.0 Å². The first-order valence-electron chi connectivity index (χ1n) is 8.27. The highest BCUT2D eigenvalue weighted by Crippen LogP contribution is 2.09. The van der Waals surface area contributed by atoms with E-state index in [9.17, 15) is 9.18 Å². The van der Waals surface area contributed by atoms with Gasteiger partial charge in [-0.1, -0.05) is 35.9 Å². The molecule has 0 heterocycles. The Morgan fingerprint density at radius 2 is 1.74 bits per heavy atom. The van der Waals surface area contributed by atoms with Crippen LogP contribution in [0.25, 0.3) is 0 Å². The molecule has 3 N–H and O–H groups in total. The molecule has 27 heavy (non-hydrogen) atoms. The minimum absolute atomic E-state index is 0. The molecule has 0 aliphatic heterocycles. The Hall–Kier alpha value is -1.87. The molecule has 5 nitrogen and oxygen atoms in total. The zero-order chi connectivity index (χ0) is 18.8. The van der Waals surface area contributed by atoms with E-state index in [-0.39, 0.29) is 42.1 Å². The Kier molecular flexibility index (Phi) is 10.7. The van der Waals surface area contributed by atoms with Gasteiger partial charge in [-0.25, -0.2) is 4.39 Å². The molecule has 0 spiro atoms. The molecule has 0 aliphatic rings. The van der Waals surface area contributed by atoms with Gasteiger partial charge in [0.1, 0.15) is 5.82 Å². The molecule has 0 atom stereocenters. The van der Waals surface area contributed by atoms with Crippen molar-refractivity contribution in [2.45, 2.75) is 13.0 Å². The number of carbonyl (C=O) groups is 1. The Morgan fingerprint density at radius 1 is 1.04 bits per heavy atom. The summed E-state index contributed by atoms with van der Waals surface area (Å²) in [5, 5.41) is 9.79. The molecule has 0 saturated carbocycles. The number of aliphatic imine (C=N–C) groups is 1. The number of carbonyl (C=O) groups excluding carboxylic acids is 1. The van der Waals surface area contributed by atoms with Crippen LogP contribution in [0.1, 0.15) is 11.1 Å². The van der Waals surface area contributed by atoms with Crippen molar-refractivity contribution < 1.29 is 9.18 Å². The van der Waals surface area contributed by atoms with Crippen molar-refractivity contribution in [3.05, 3.63) is 70.5 Å². The highest BCUT2D eigenvalue weighted by molar-refractivity contribution is 14.0. The van der Waals surface area contributed by atoms with Gasteiger partial charge in [-0.15, -0.1) is 24.0 Å². The maximum Gasteiger partial charge on any atom is 0.224 e. The number of rotatable bonds is 7. The molecule has 0 saturated heterocycles. The summed E-state index contributed by atoms with van der Waals surface area (Å²) < 4.78 is 13.1. The van der Waals surface area contributed by atoms with Crippen molar-refractivity contribution in [2.75, 3.05) is 20.1 Å². The molecule has 0 bridgehead atoms. The highest BCUT2D eigenvalue weighted by Gasteiger charge is 2.04. The average Bonchev–Trinajstić information content (AvgIpc) is 2.62. The van der Waals surface area contributed by atoms with E-state index in [1.807, 2.05) is 24.3 Å². The fourth-order valence-electron chi connectivity index (χ4n) is 2.29. The lowest BCUT2D eigenvalue weighted by Crippen LogP contribution is -2.41. The van der Waals surface area contributed by atoms with E-state index in [0.29, 0.717) is 36.2 Å². The first-order valence-corrected chi connectivity index (χ1v) is 8.64. The van der Waals surface area contributed by atoms with Gasteiger partial charge in [-0.05, 0) is 35.4 Å². The van der Waals surface area contributed by atoms with Crippen LogP contribution >= 0.6 is 35.6 Å². The summed E-state index contributed by atoms with van der Waals surface area (Å²) in [6, 6.07) is 13.6. The number of amides is 1. The molecular formula is C19H23ClFIN4O. The lowest BCUT2D eigenvalue weighted by Gasteiger charge is -2.12. The van der Waals surface area contributed by atoms with E-state index in [2.05, 4.69) is 20.9 Å². The number of nitrogens with one attached hydrogen (secondary N) is 3. The smallest absolute Gasteiger partial charge is 0.224 e. The van der Waals surface area contributed by atoms with Gasteiger partial charge in [0.2, 0.25) is 5.91 Å². The third-order valence-corrected chi connectivity index (χ3v) is 3.84. The Morgan fingerprint density at radius 3 is 2.41 bits per heavy atom. The molecule has 0 unspecified atom stereocenters. The fourth-order valence-corrected chi connectivity index (χ4v) is 2.41. The molecule has 0 aromatic heterocycles. The SMILES string of the molecule is CN=C(NCCNC(=O)Cc1cccc(F)c1)NCc1ccc(Cl)cc1.I. The minimum Gasteiger partial charge on any atom is -0.355 e. The minimum atomic E-state index is -0.340. The van der Waals surface area contributed by atoms with Crippen LogP contribution < -0.4 is 16.0 Å². The summed E-state index contributed by atoms with van der Waals surface area (Å²) >= 11 is 5.86. The van der Waals surface area contributed by atoms with Crippen LogP contribution in [0.5, 0.6) is 0 Å². The summed E-state index contributed by atoms with van der Waals surface area (Å²) in [7, 11) is 1.68. The van der Waals surface area contributed by atoms with Crippen molar-refractivity contribution in [3.63, 3.8) is 0 Å². The van der Waals surface area contributed by atoms with E-state index < -0.39 is 0 Å². The third-order valence-electron chi connectivity index (χ3n) is 3.59. The highest BCUT2D eigenvalue weighted by atomic mass is 127. The lowest BCUT2D eigenvalue weighted by molar-refractivity contribution is -0.120. The van der Waals surface area contributed by atoms with Crippen LogP contribution in [0.3, 0.4) is 0 Å². The van der Waals surface area contributed by atoms with Crippen LogP contribution in [0.15, 0.2) is 53.5 Å². The molecule has 2 rings (SSSR count). The van der Waals surface area contributed by atoms with E-state index >= 15 is 0 Å². The Balaban J connectivity index is 0.00000364. The van der Waals surface area contributed by atoms with Gasteiger partial charge in [0, 0.05) is 31.7 Å². The van der Waals surface area contributed by atoms with Crippen LogP contribution in [0.2, 0.25) is 5.02 Å². The van der Waals surface area contributed by atoms with Gasteiger partial charge in [-0.2, -0.15) is 0 Å². The monoisotopic (exact) mass is 504 g/mol. The predicted molar refractivity (Wildman–Crippen MR) is 118 cm³/mol. The number of guanidine groups is 1. The van der Waals surface area contributed by atoms with Crippen LogP contribution in [-0.2, 0) is 17.8 Å². The molecule has 1 amide bonds. The van der Waals surface area contributed by atoms with E-state index in [4.69, 9.17) is 11.6 Å². The summed E-state index contributed by atoms with van der Waals surface area (Å²) in [6.07, 6.45) is 0.154. The predicted octanol–water partition coefficient (Wildman–Crippen LogP) is 3.12. The first kappa shape index (κ1) is 23.2. The van der Waals surface area contributed by atoms with E-state index in [1.54, 1.807) is 19.2 Å². The summed E-state index contributed by atoms with van der Waals surface area (Å²) in [5.74, 6) is 0.147. The Bertz CT molecular complexity index is 756. The molecular weight excluding hydrogens is 482 g/mol. The average molecular weight is 505 g/mol. The quantitative estimate of drug-likeness (QED) is 0.235. The van der Waals surface area contributed by atoms with E-state index in [1.165, 1.54) is 12.1 Å². The van der Waals surface area contributed by atoms with Gasteiger partial charge >= 0.3 is 0 Å². The maximum absolute atomic E-state index is 13.1. The second kappa shape index (κ2) is 12.5. The van der Waals surface area contributed by atoms with Crippen molar-refractivity contribution in [3.8, 4) is 0 Å². The molecule has 8 heteroatoms. The number of halogens is 3. The van der Waals surface area contributed by atoms with Crippen molar-refractivity contribution in [2.24, 2.45) is 4.99 Å². The van der Waals surface area contributed by atoms with Crippen molar-refractivity contribution in [1.82, 2.24) is 16.0 Å². The number of nitrogens with zero attached hydrogens (tertiary/aromatic N) is 1. The summed E-state index contributed by atoms with van der Waals surface area (Å²) in [4.78, 5) is 16.0. The standard InChI is InChI=1S/C19H22ClFN4O.HI/c1-22-19(25-13-14-5-7-16(20)8-6-14)24-10-9-23-18(26)12-15-3-2-4-17(21)11-15;/h2-8,11H,9-10,12-13H2,1H3,(H,23,26)(H2,22,24,25);1H. The molecule has 0 aliphatic carbocycles. The van der Waals surface area contributed by atoms with Gasteiger partial charge in [-0.3, -0.25) is 9.79 Å². The summed E-state index contributed by atoms with van der Waals surface area (Å²) in [5.41, 5.74) is 1.73. The first-order chi connectivity index (χ1) is 12.6. The van der Waals surface area contributed by atoms with Gasteiger partial charge in [0.15, 0.2) is 5.96 Å². The van der Waals surface area contributed by atoms with Gasteiger partial charge in [0.05, 0.1) is 6.42 Å². The fraction of sp³-hybridized carbons (Fsp3) is 0.263.